The molecule has 6 heteroatoms. The predicted octanol–water partition coefficient (Wildman–Crippen LogP) is 1.87. The Kier molecular flexibility index (Phi) is 3.71. The van der Waals surface area contributed by atoms with Crippen molar-refractivity contribution in [2.45, 2.75) is 18.5 Å². The summed E-state index contributed by atoms with van der Waals surface area (Å²) in [5.74, 6) is 0. The van der Waals surface area contributed by atoms with Crippen molar-refractivity contribution in [1.29, 1.82) is 0 Å². The number of hydrogen-bond acceptors (Lipinski definition) is 1. The van der Waals surface area contributed by atoms with Gasteiger partial charge in [0.25, 0.3) is 0 Å². The van der Waals surface area contributed by atoms with Gasteiger partial charge in [0.15, 0.2) is 0 Å². The molecule has 0 aliphatic heterocycles. The molecular weight excluding hydrogens is 171 g/mol. The number of methoxy groups -OCH3 is 1. The molecule has 11 heavy (non-hydrogen) atoms. The summed E-state index contributed by atoms with van der Waals surface area (Å²) in [4.78, 5) is 0. The molecular formula is C5H7F5O. The molecule has 0 fully saturated rings. The topological polar surface area (TPSA) is 9.23 Å². The van der Waals surface area contributed by atoms with E-state index < -0.39 is 25.1 Å². The smallest absolute Gasteiger partial charge is 0.375 e. The largest absolute Gasteiger partial charge is 0.422 e. The summed E-state index contributed by atoms with van der Waals surface area (Å²) in [6, 6.07) is 0. The van der Waals surface area contributed by atoms with E-state index in [0.29, 0.717) is 0 Å². The van der Waals surface area contributed by atoms with E-state index in [-0.39, 0.29) is 0 Å². The Morgan fingerprint density at radius 2 is 1.82 bits per heavy atom. The lowest BCUT2D eigenvalue weighted by Gasteiger charge is -2.18. The van der Waals surface area contributed by atoms with E-state index in [4.69, 9.17) is 0 Å². The zero-order valence-corrected chi connectivity index (χ0v) is 5.66. The third-order valence-electron chi connectivity index (χ3n) is 1.09. The van der Waals surface area contributed by atoms with Crippen molar-refractivity contribution in [3.05, 3.63) is 0 Å². The molecule has 0 N–H and O–H groups in total. The van der Waals surface area contributed by atoms with Crippen LogP contribution < -0.4 is 0 Å². The van der Waals surface area contributed by atoms with Crippen LogP contribution in [-0.4, -0.2) is 32.2 Å². The van der Waals surface area contributed by atoms with Crippen molar-refractivity contribution in [2.75, 3.05) is 13.8 Å². The molecule has 2 atom stereocenters. The van der Waals surface area contributed by atoms with Crippen LogP contribution in [0.15, 0.2) is 0 Å². The zero-order chi connectivity index (χ0) is 9.07. The van der Waals surface area contributed by atoms with Gasteiger partial charge in [0.2, 0.25) is 6.17 Å². The average molecular weight is 178 g/mol. The van der Waals surface area contributed by atoms with Gasteiger partial charge < -0.3 is 4.74 Å². The second kappa shape index (κ2) is 3.85. The lowest BCUT2D eigenvalue weighted by Crippen LogP contribution is -2.38. The third kappa shape index (κ3) is 3.00. The van der Waals surface area contributed by atoms with Crippen molar-refractivity contribution >= 4 is 0 Å². The van der Waals surface area contributed by atoms with Gasteiger partial charge in [-0.1, -0.05) is 0 Å². The number of hydrogen-bond donors (Lipinski definition) is 0. The molecule has 0 aromatic rings. The van der Waals surface area contributed by atoms with Gasteiger partial charge in [0, 0.05) is 7.11 Å². The van der Waals surface area contributed by atoms with E-state index in [2.05, 4.69) is 4.74 Å². The quantitative estimate of drug-likeness (QED) is 0.599. The van der Waals surface area contributed by atoms with Gasteiger partial charge in [-0.05, 0) is 0 Å². The molecule has 0 saturated heterocycles. The predicted molar refractivity (Wildman–Crippen MR) is 27.7 cm³/mol. The summed E-state index contributed by atoms with van der Waals surface area (Å²) >= 11 is 0. The first-order valence-corrected chi connectivity index (χ1v) is 2.73. The van der Waals surface area contributed by atoms with E-state index in [1.54, 1.807) is 0 Å². The number of rotatable bonds is 3. The highest BCUT2D eigenvalue weighted by molar-refractivity contribution is 4.75. The van der Waals surface area contributed by atoms with Crippen molar-refractivity contribution in [2.24, 2.45) is 0 Å². The Hall–Kier alpha value is -0.390. The van der Waals surface area contributed by atoms with Gasteiger partial charge in [-0.15, -0.1) is 0 Å². The second-order valence-electron chi connectivity index (χ2n) is 1.87. The van der Waals surface area contributed by atoms with Crippen molar-refractivity contribution in [3.8, 4) is 0 Å². The summed E-state index contributed by atoms with van der Waals surface area (Å²) in [5.41, 5.74) is 0. The highest BCUT2D eigenvalue weighted by Gasteiger charge is 2.45. The van der Waals surface area contributed by atoms with Gasteiger partial charge in [-0.3, -0.25) is 0 Å². The first-order valence-electron chi connectivity index (χ1n) is 2.73. The highest BCUT2D eigenvalue weighted by atomic mass is 19.4. The lowest BCUT2D eigenvalue weighted by molar-refractivity contribution is -0.210. The standard InChI is InChI=1S/C5H7F5O/c1-11-3(2-6)4(7)5(8,9)10/h3-4H,2H2,1H3. The average Bonchev–Trinajstić information content (AvgIpc) is 1.88. The normalized spacial score (nSPS) is 18.0. The minimum Gasteiger partial charge on any atom is -0.375 e. The van der Waals surface area contributed by atoms with Gasteiger partial charge >= 0.3 is 6.18 Å². The Balaban J connectivity index is 4.09. The fourth-order valence-corrected chi connectivity index (χ4v) is 0.471. The molecule has 0 aromatic heterocycles. The SMILES string of the molecule is COC(CF)C(F)C(F)(F)F. The lowest BCUT2D eigenvalue weighted by atomic mass is 10.2. The van der Waals surface area contributed by atoms with E-state index >= 15 is 0 Å². The van der Waals surface area contributed by atoms with E-state index in [9.17, 15) is 22.0 Å². The summed E-state index contributed by atoms with van der Waals surface area (Å²) in [6.07, 6.45) is -10.3. The van der Waals surface area contributed by atoms with Crippen LogP contribution in [0.3, 0.4) is 0 Å². The van der Waals surface area contributed by atoms with Crippen molar-refractivity contribution < 1.29 is 26.7 Å². The molecule has 0 bridgehead atoms. The molecule has 0 spiro atoms. The van der Waals surface area contributed by atoms with E-state index in [0.717, 1.165) is 7.11 Å². The highest BCUT2D eigenvalue weighted by Crippen LogP contribution is 2.26. The molecule has 68 valence electrons. The van der Waals surface area contributed by atoms with Gasteiger partial charge in [0.05, 0.1) is 0 Å². The van der Waals surface area contributed by atoms with Gasteiger partial charge in [-0.25, -0.2) is 8.78 Å². The molecule has 0 radical (unpaired) electrons. The first kappa shape index (κ1) is 10.6. The van der Waals surface area contributed by atoms with Crippen LogP contribution in [0.2, 0.25) is 0 Å². The maximum Gasteiger partial charge on any atom is 0.422 e. The maximum absolute atomic E-state index is 12.1. The van der Waals surface area contributed by atoms with Crippen LogP contribution in [0.1, 0.15) is 0 Å². The number of halogens is 5. The van der Waals surface area contributed by atoms with Gasteiger partial charge in [-0.2, -0.15) is 13.2 Å². The Bertz CT molecular complexity index is 108. The van der Waals surface area contributed by atoms with Crippen molar-refractivity contribution in [3.63, 3.8) is 0 Å². The van der Waals surface area contributed by atoms with Crippen LogP contribution in [0.5, 0.6) is 0 Å². The number of ether oxygens (including phenoxy) is 1. The molecule has 0 aliphatic carbocycles. The zero-order valence-electron chi connectivity index (χ0n) is 5.66. The fourth-order valence-electron chi connectivity index (χ4n) is 0.471. The summed E-state index contributed by atoms with van der Waals surface area (Å²) in [7, 11) is 0.822. The van der Waals surface area contributed by atoms with Crippen LogP contribution in [0.25, 0.3) is 0 Å². The monoisotopic (exact) mass is 178 g/mol. The van der Waals surface area contributed by atoms with E-state index in [1.165, 1.54) is 0 Å². The fraction of sp³-hybridized carbons (Fsp3) is 1.00. The molecule has 2 unspecified atom stereocenters. The summed E-state index contributed by atoms with van der Waals surface area (Å²) in [6.45, 7) is -1.49. The maximum atomic E-state index is 12.1. The molecule has 0 aromatic carbocycles. The molecule has 1 nitrogen and oxygen atoms in total. The summed E-state index contributed by atoms with van der Waals surface area (Å²) < 4.78 is 61.9. The molecule has 0 heterocycles. The minimum absolute atomic E-state index is 0.822. The van der Waals surface area contributed by atoms with Gasteiger partial charge in [0.1, 0.15) is 12.8 Å². The molecule has 0 rings (SSSR count). The molecule has 0 amide bonds. The molecule has 0 saturated carbocycles. The minimum atomic E-state index is -5.05. The second-order valence-corrected chi connectivity index (χ2v) is 1.87. The third-order valence-corrected chi connectivity index (χ3v) is 1.09. The Morgan fingerprint density at radius 1 is 1.36 bits per heavy atom. The number of alkyl halides is 5. The Labute approximate surface area is 60.1 Å². The van der Waals surface area contributed by atoms with Crippen LogP contribution in [-0.2, 0) is 4.74 Å². The summed E-state index contributed by atoms with van der Waals surface area (Å²) in [5, 5.41) is 0. The first-order chi connectivity index (χ1) is 4.93. The van der Waals surface area contributed by atoms with Crippen LogP contribution >= 0.6 is 0 Å². The molecule has 0 aliphatic rings. The Morgan fingerprint density at radius 3 is 1.91 bits per heavy atom. The van der Waals surface area contributed by atoms with Crippen LogP contribution in [0, 0.1) is 0 Å². The van der Waals surface area contributed by atoms with Crippen LogP contribution in [0.4, 0.5) is 22.0 Å². The van der Waals surface area contributed by atoms with E-state index in [1.807, 2.05) is 0 Å². The van der Waals surface area contributed by atoms with Crippen molar-refractivity contribution in [1.82, 2.24) is 0 Å².